The number of amides is 1. The molecule has 1 aromatic heterocycles. The van der Waals surface area contributed by atoms with E-state index in [-0.39, 0.29) is 11.8 Å². The molecule has 2 heterocycles. The van der Waals surface area contributed by atoms with Crippen LogP contribution in [0, 0.1) is 12.8 Å². The Kier molecular flexibility index (Phi) is 7.59. The van der Waals surface area contributed by atoms with Gasteiger partial charge in [0.05, 0.1) is 10.7 Å². The molecule has 152 valence electrons. The molecular formula is C22H32N4OS. The number of hydrogen-bond donors (Lipinski definition) is 1. The first-order valence-electron chi connectivity index (χ1n) is 10.3. The number of rotatable bonds is 8. The summed E-state index contributed by atoms with van der Waals surface area (Å²) in [4.78, 5) is 22.1. The summed E-state index contributed by atoms with van der Waals surface area (Å²) in [5, 5.41) is 6.40. The Hall–Kier alpha value is -1.76. The van der Waals surface area contributed by atoms with Crippen molar-refractivity contribution in [3.05, 3.63) is 45.9 Å². The summed E-state index contributed by atoms with van der Waals surface area (Å²) in [6, 6.07) is 8.26. The van der Waals surface area contributed by atoms with Crippen LogP contribution >= 0.6 is 11.3 Å². The molecule has 0 unspecified atom stereocenters. The highest BCUT2D eigenvalue weighted by atomic mass is 32.1. The number of carbonyl (C=O) groups excluding carboxylic acids is 1. The molecule has 3 rings (SSSR count). The lowest BCUT2D eigenvalue weighted by Crippen LogP contribution is -2.37. The molecule has 28 heavy (non-hydrogen) atoms. The van der Waals surface area contributed by atoms with Crippen LogP contribution in [-0.4, -0.2) is 46.9 Å². The molecule has 0 bridgehead atoms. The highest BCUT2D eigenvalue weighted by Crippen LogP contribution is 2.22. The zero-order valence-corrected chi connectivity index (χ0v) is 18.1. The van der Waals surface area contributed by atoms with Gasteiger partial charge in [-0.1, -0.05) is 26.0 Å². The molecule has 0 spiro atoms. The molecule has 0 aliphatic carbocycles. The number of anilines is 1. The van der Waals surface area contributed by atoms with E-state index in [0.29, 0.717) is 0 Å². The van der Waals surface area contributed by atoms with Crippen LogP contribution in [0.4, 0.5) is 5.69 Å². The third-order valence-corrected chi connectivity index (χ3v) is 6.33. The predicted octanol–water partition coefficient (Wildman–Crippen LogP) is 4.14. The highest BCUT2D eigenvalue weighted by Gasteiger charge is 2.25. The maximum absolute atomic E-state index is 12.7. The molecule has 1 aliphatic heterocycles. The second kappa shape index (κ2) is 10.1. The van der Waals surface area contributed by atoms with E-state index in [1.54, 1.807) is 11.3 Å². The van der Waals surface area contributed by atoms with Gasteiger partial charge in [0, 0.05) is 30.1 Å². The van der Waals surface area contributed by atoms with E-state index in [1.807, 2.05) is 19.1 Å². The monoisotopic (exact) mass is 400 g/mol. The second-order valence-corrected chi connectivity index (χ2v) is 8.62. The van der Waals surface area contributed by atoms with Crippen LogP contribution in [0.25, 0.3) is 0 Å². The summed E-state index contributed by atoms with van der Waals surface area (Å²) in [7, 11) is 0. The van der Waals surface area contributed by atoms with E-state index in [2.05, 4.69) is 51.5 Å². The largest absolute Gasteiger partial charge is 0.326 e. The van der Waals surface area contributed by atoms with Gasteiger partial charge in [-0.15, -0.1) is 11.3 Å². The van der Waals surface area contributed by atoms with Crippen LogP contribution in [0.15, 0.2) is 29.6 Å². The molecule has 1 amide bonds. The fraction of sp³-hybridized carbons (Fsp3) is 0.545. The second-order valence-electron chi connectivity index (χ2n) is 7.56. The number of aromatic nitrogens is 1. The van der Waals surface area contributed by atoms with Gasteiger partial charge in [-0.25, -0.2) is 4.98 Å². The number of nitrogens with zero attached hydrogens (tertiary/aromatic N) is 3. The minimum atomic E-state index is 0.0971. The number of thiazole rings is 1. The van der Waals surface area contributed by atoms with Gasteiger partial charge < -0.3 is 5.32 Å². The summed E-state index contributed by atoms with van der Waals surface area (Å²) in [6.07, 6.45) is 1.82. The SMILES string of the molecule is CCN(CC)Cc1cccc(NC(=O)C2CCN(Cc3csc(C)n3)CC2)c1. The Morgan fingerprint density at radius 3 is 2.68 bits per heavy atom. The van der Waals surface area contributed by atoms with Crippen molar-refractivity contribution in [1.82, 2.24) is 14.8 Å². The van der Waals surface area contributed by atoms with E-state index < -0.39 is 0 Å². The fourth-order valence-electron chi connectivity index (χ4n) is 3.76. The summed E-state index contributed by atoms with van der Waals surface area (Å²) >= 11 is 1.70. The van der Waals surface area contributed by atoms with Gasteiger partial charge in [-0.2, -0.15) is 0 Å². The van der Waals surface area contributed by atoms with Crippen molar-refractivity contribution in [3.8, 4) is 0 Å². The van der Waals surface area contributed by atoms with E-state index in [1.165, 1.54) is 5.56 Å². The molecule has 0 radical (unpaired) electrons. The Morgan fingerprint density at radius 2 is 2.04 bits per heavy atom. The number of likely N-dealkylation sites (tertiary alicyclic amines) is 1. The van der Waals surface area contributed by atoms with Crippen LogP contribution in [0.1, 0.15) is 43.0 Å². The molecule has 1 aromatic carbocycles. The molecule has 1 aliphatic rings. The van der Waals surface area contributed by atoms with Crippen LogP contribution in [-0.2, 0) is 17.9 Å². The quantitative estimate of drug-likeness (QED) is 0.723. The van der Waals surface area contributed by atoms with Crippen LogP contribution in [0.2, 0.25) is 0 Å². The van der Waals surface area contributed by atoms with E-state index >= 15 is 0 Å². The van der Waals surface area contributed by atoms with E-state index in [9.17, 15) is 4.79 Å². The number of carbonyl (C=O) groups is 1. The average Bonchev–Trinajstić information content (AvgIpc) is 3.11. The first-order chi connectivity index (χ1) is 13.6. The zero-order chi connectivity index (χ0) is 19.9. The van der Waals surface area contributed by atoms with Crippen molar-refractivity contribution in [2.75, 3.05) is 31.5 Å². The van der Waals surface area contributed by atoms with Crippen molar-refractivity contribution in [1.29, 1.82) is 0 Å². The summed E-state index contributed by atoms with van der Waals surface area (Å²) in [6.45, 7) is 12.2. The minimum Gasteiger partial charge on any atom is -0.326 e. The van der Waals surface area contributed by atoms with Gasteiger partial charge in [0.1, 0.15) is 0 Å². The first-order valence-corrected chi connectivity index (χ1v) is 11.2. The van der Waals surface area contributed by atoms with Gasteiger partial charge in [0.25, 0.3) is 0 Å². The van der Waals surface area contributed by atoms with Crippen LogP contribution < -0.4 is 5.32 Å². The van der Waals surface area contributed by atoms with Crippen molar-refractivity contribution in [2.45, 2.75) is 46.7 Å². The predicted molar refractivity (Wildman–Crippen MR) is 117 cm³/mol. The van der Waals surface area contributed by atoms with Gasteiger partial charge in [-0.05, 0) is 63.6 Å². The maximum atomic E-state index is 12.7. The van der Waals surface area contributed by atoms with Gasteiger partial charge >= 0.3 is 0 Å². The van der Waals surface area contributed by atoms with Crippen LogP contribution in [0.3, 0.4) is 0 Å². The Bertz CT molecular complexity index is 763. The molecular weight excluding hydrogens is 368 g/mol. The Balaban J connectivity index is 1.49. The van der Waals surface area contributed by atoms with Crippen molar-refractivity contribution >= 4 is 22.9 Å². The molecule has 5 nitrogen and oxygen atoms in total. The topological polar surface area (TPSA) is 48.5 Å². The third kappa shape index (κ3) is 5.87. The molecule has 6 heteroatoms. The van der Waals surface area contributed by atoms with E-state index in [0.717, 1.165) is 68.5 Å². The number of hydrogen-bond acceptors (Lipinski definition) is 5. The third-order valence-electron chi connectivity index (χ3n) is 5.51. The molecule has 2 aromatic rings. The molecule has 1 fully saturated rings. The molecule has 1 N–H and O–H groups in total. The number of aryl methyl sites for hydroxylation is 1. The smallest absolute Gasteiger partial charge is 0.227 e. The number of benzene rings is 1. The summed E-state index contributed by atoms with van der Waals surface area (Å²) < 4.78 is 0. The Morgan fingerprint density at radius 1 is 1.29 bits per heavy atom. The minimum absolute atomic E-state index is 0.0971. The standard InChI is InChI=1S/C22H32N4OS/c1-4-25(5-2)14-18-7-6-8-20(13-18)24-22(27)19-9-11-26(12-10-19)15-21-16-28-17(3)23-21/h6-8,13,16,19H,4-5,9-12,14-15H2,1-3H3,(H,24,27). The Labute approximate surface area is 172 Å². The van der Waals surface area contributed by atoms with Crippen molar-refractivity contribution < 1.29 is 4.79 Å². The lowest BCUT2D eigenvalue weighted by atomic mass is 9.95. The normalized spacial score (nSPS) is 15.9. The van der Waals surface area contributed by atoms with E-state index in [4.69, 9.17) is 0 Å². The summed E-state index contributed by atoms with van der Waals surface area (Å²) in [5.74, 6) is 0.254. The number of piperidine rings is 1. The maximum Gasteiger partial charge on any atom is 0.227 e. The summed E-state index contributed by atoms with van der Waals surface area (Å²) in [5.41, 5.74) is 3.31. The number of nitrogens with one attached hydrogen (secondary N) is 1. The zero-order valence-electron chi connectivity index (χ0n) is 17.3. The molecule has 0 atom stereocenters. The lowest BCUT2D eigenvalue weighted by Gasteiger charge is -2.30. The average molecular weight is 401 g/mol. The molecule has 1 saturated heterocycles. The first kappa shape index (κ1) is 21.0. The molecule has 0 saturated carbocycles. The van der Waals surface area contributed by atoms with Crippen LogP contribution in [0.5, 0.6) is 0 Å². The highest BCUT2D eigenvalue weighted by molar-refractivity contribution is 7.09. The van der Waals surface area contributed by atoms with Gasteiger partial charge in [0.2, 0.25) is 5.91 Å². The van der Waals surface area contributed by atoms with Crippen molar-refractivity contribution in [3.63, 3.8) is 0 Å². The van der Waals surface area contributed by atoms with Crippen molar-refractivity contribution in [2.24, 2.45) is 5.92 Å². The fourth-order valence-corrected chi connectivity index (χ4v) is 4.36. The lowest BCUT2D eigenvalue weighted by molar-refractivity contribution is -0.121. The van der Waals surface area contributed by atoms with Gasteiger partial charge in [0.15, 0.2) is 0 Å². The van der Waals surface area contributed by atoms with Gasteiger partial charge in [-0.3, -0.25) is 14.6 Å².